The van der Waals surface area contributed by atoms with Crippen molar-refractivity contribution >= 4 is 5.91 Å². The van der Waals surface area contributed by atoms with Gasteiger partial charge < -0.3 is 15.2 Å². The number of aliphatic hydroxyl groups excluding tert-OH is 1. The van der Waals surface area contributed by atoms with E-state index in [1.165, 1.54) is 0 Å². The van der Waals surface area contributed by atoms with Crippen molar-refractivity contribution in [1.29, 1.82) is 0 Å². The van der Waals surface area contributed by atoms with Crippen molar-refractivity contribution in [1.82, 2.24) is 10.2 Å². The molecule has 0 radical (unpaired) electrons. The van der Waals surface area contributed by atoms with Gasteiger partial charge in [0.05, 0.1) is 12.6 Å². The number of nitrogens with zero attached hydrogens (tertiary/aromatic N) is 1. The highest BCUT2D eigenvalue weighted by atomic mass is 16.5. The van der Waals surface area contributed by atoms with Gasteiger partial charge in [-0.2, -0.15) is 0 Å². The van der Waals surface area contributed by atoms with Crippen LogP contribution in [0.5, 0.6) is 11.5 Å². The lowest BCUT2D eigenvalue weighted by Crippen LogP contribution is -2.44. The van der Waals surface area contributed by atoms with Gasteiger partial charge >= 0.3 is 0 Å². The van der Waals surface area contributed by atoms with Crippen molar-refractivity contribution in [3.05, 3.63) is 60.2 Å². The molecule has 1 saturated heterocycles. The number of ether oxygens (including phenoxy) is 1. The van der Waals surface area contributed by atoms with E-state index in [-0.39, 0.29) is 12.0 Å². The summed E-state index contributed by atoms with van der Waals surface area (Å²) in [6.45, 7) is 2.23. The average molecular weight is 340 g/mol. The third kappa shape index (κ3) is 5.59. The fraction of sp³-hybridized carbons (Fsp3) is 0.350. The molecule has 1 amide bonds. The van der Waals surface area contributed by atoms with E-state index in [1.54, 1.807) is 0 Å². The third-order valence-electron chi connectivity index (χ3n) is 4.21. The van der Waals surface area contributed by atoms with Crippen LogP contribution in [0, 0.1) is 0 Å². The Bertz CT molecular complexity index is 690. The summed E-state index contributed by atoms with van der Waals surface area (Å²) in [4.78, 5) is 14.1. The number of para-hydroxylation sites is 1. The summed E-state index contributed by atoms with van der Waals surface area (Å²) >= 11 is 0. The molecule has 0 unspecified atom stereocenters. The first-order valence-corrected chi connectivity index (χ1v) is 8.68. The zero-order valence-corrected chi connectivity index (χ0v) is 14.2. The standard InChI is InChI=1S/C20H24N2O3/c23-17-7-5-11-22(14-17)15-20(24)21-13-16-6-4-10-19(12-16)25-18-8-2-1-3-9-18/h1-4,6,8-10,12,17,23H,5,7,11,13-15H2,(H,21,24)/t17-/m0/s1. The Balaban J connectivity index is 1.49. The van der Waals surface area contributed by atoms with Crippen LogP contribution in [0.1, 0.15) is 18.4 Å². The van der Waals surface area contributed by atoms with Crippen molar-refractivity contribution in [2.45, 2.75) is 25.5 Å². The molecule has 1 aliphatic rings. The molecule has 5 nitrogen and oxygen atoms in total. The molecule has 25 heavy (non-hydrogen) atoms. The van der Waals surface area contributed by atoms with Gasteiger partial charge in [0, 0.05) is 13.1 Å². The van der Waals surface area contributed by atoms with Gasteiger partial charge in [-0.05, 0) is 49.2 Å². The predicted octanol–water partition coefficient (Wildman–Crippen LogP) is 2.55. The minimum absolute atomic E-state index is 0.0246. The van der Waals surface area contributed by atoms with E-state index in [2.05, 4.69) is 5.32 Å². The van der Waals surface area contributed by atoms with Crippen molar-refractivity contribution in [3.8, 4) is 11.5 Å². The lowest BCUT2D eigenvalue weighted by Gasteiger charge is -2.29. The summed E-state index contributed by atoms with van der Waals surface area (Å²) in [5.74, 6) is 1.51. The van der Waals surface area contributed by atoms with Crippen molar-refractivity contribution in [2.24, 2.45) is 0 Å². The largest absolute Gasteiger partial charge is 0.457 e. The van der Waals surface area contributed by atoms with Crippen LogP contribution in [-0.4, -0.2) is 41.7 Å². The quantitative estimate of drug-likeness (QED) is 0.848. The number of hydrogen-bond acceptors (Lipinski definition) is 4. The number of carbonyl (C=O) groups is 1. The highest BCUT2D eigenvalue weighted by Gasteiger charge is 2.19. The summed E-state index contributed by atoms with van der Waals surface area (Å²) in [5, 5.41) is 12.6. The molecular weight excluding hydrogens is 316 g/mol. The second-order valence-electron chi connectivity index (χ2n) is 6.37. The Morgan fingerprint density at radius 3 is 2.76 bits per heavy atom. The van der Waals surface area contributed by atoms with E-state index in [1.807, 2.05) is 59.5 Å². The summed E-state index contributed by atoms with van der Waals surface area (Å²) in [5.41, 5.74) is 0.987. The number of rotatable bonds is 6. The van der Waals surface area contributed by atoms with Gasteiger partial charge in [-0.1, -0.05) is 30.3 Å². The Hall–Kier alpha value is -2.37. The number of β-amino-alcohol motifs (C(OH)–C–C–N with tert-alkyl or cyclic N) is 1. The highest BCUT2D eigenvalue weighted by molar-refractivity contribution is 5.78. The van der Waals surface area contributed by atoms with E-state index in [0.29, 0.717) is 19.6 Å². The molecule has 1 atom stereocenters. The molecule has 0 spiro atoms. The van der Waals surface area contributed by atoms with Gasteiger partial charge in [-0.3, -0.25) is 9.69 Å². The molecule has 132 valence electrons. The Morgan fingerprint density at radius 1 is 1.16 bits per heavy atom. The molecule has 0 saturated carbocycles. The molecule has 3 rings (SSSR count). The van der Waals surface area contributed by atoms with Gasteiger partial charge in [0.15, 0.2) is 0 Å². The fourth-order valence-corrected chi connectivity index (χ4v) is 2.98. The predicted molar refractivity (Wildman–Crippen MR) is 96.5 cm³/mol. The number of benzene rings is 2. The summed E-state index contributed by atoms with van der Waals surface area (Å²) in [6.07, 6.45) is 1.45. The Labute approximate surface area is 148 Å². The minimum Gasteiger partial charge on any atom is -0.457 e. The summed E-state index contributed by atoms with van der Waals surface area (Å²) < 4.78 is 5.81. The molecule has 0 aromatic heterocycles. The summed E-state index contributed by atoms with van der Waals surface area (Å²) in [6, 6.07) is 17.3. The topological polar surface area (TPSA) is 61.8 Å². The molecule has 1 heterocycles. The van der Waals surface area contributed by atoms with Crippen LogP contribution in [0.2, 0.25) is 0 Å². The van der Waals surface area contributed by atoms with E-state index >= 15 is 0 Å². The number of carbonyl (C=O) groups excluding carboxylic acids is 1. The van der Waals surface area contributed by atoms with Crippen molar-refractivity contribution in [3.63, 3.8) is 0 Å². The molecular formula is C20H24N2O3. The Morgan fingerprint density at radius 2 is 1.96 bits per heavy atom. The first-order valence-electron chi connectivity index (χ1n) is 8.68. The number of aliphatic hydroxyl groups is 1. The zero-order chi connectivity index (χ0) is 17.5. The Kier molecular flexibility index (Phi) is 6.04. The second-order valence-corrected chi connectivity index (χ2v) is 6.37. The monoisotopic (exact) mass is 340 g/mol. The summed E-state index contributed by atoms with van der Waals surface area (Å²) in [7, 11) is 0. The zero-order valence-electron chi connectivity index (χ0n) is 14.2. The van der Waals surface area contributed by atoms with Crippen LogP contribution in [0.3, 0.4) is 0 Å². The maximum absolute atomic E-state index is 12.1. The van der Waals surface area contributed by atoms with Gasteiger partial charge in [0.2, 0.25) is 5.91 Å². The van der Waals surface area contributed by atoms with Crippen LogP contribution in [0.25, 0.3) is 0 Å². The number of piperidine rings is 1. The molecule has 2 aromatic rings. The van der Waals surface area contributed by atoms with Crippen LogP contribution < -0.4 is 10.1 Å². The normalized spacial score (nSPS) is 17.9. The van der Waals surface area contributed by atoms with Crippen LogP contribution >= 0.6 is 0 Å². The minimum atomic E-state index is -0.312. The smallest absolute Gasteiger partial charge is 0.234 e. The molecule has 2 aromatic carbocycles. The van der Waals surface area contributed by atoms with E-state index in [0.717, 1.165) is 36.4 Å². The number of amides is 1. The number of nitrogens with one attached hydrogen (secondary N) is 1. The number of hydrogen-bond donors (Lipinski definition) is 2. The van der Waals surface area contributed by atoms with Gasteiger partial charge in [0.25, 0.3) is 0 Å². The third-order valence-corrected chi connectivity index (χ3v) is 4.21. The van der Waals surface area contributed by atoms with Crippen molar-refractivity contribution in [2.75, 3.05) is 19.6 Å². The van der Waals surface area contributed by atoms with E-state index in [4.69, 9.17) is 4.74 Å². The maximum atomic E-state index is 12.1. The molecule has 0 aliphatic carbocycles. The second kappa shape index (κ2) is 8.65. The van der Waals surface area contributed by atoms with E-state index in [9.17, 15) is 9.90 Å². The van der Waals surface area contributed by atoms with Crippen LogP contribution in [0.15, 0.2) is 54.6 Å². The van der Waals surface area contributed by atoms with Crippen molar-refractivity contribution < 1.29 is 14.6 Å². The highest BCUT2D eigenvalue weighted by Crippen LogP contribution is 2.21. The van der Waals surface area contributed by atoms with Gasteiger partial charge in [-0.15, -0.1) is 0 Å². The SMILES string of the molecule is O=C(CN1CCC[C@H](O)C1)NCc1cccc(Oc2ccccc2)c1. The lowest BCUT2D eigenvalue weighted by atomic mass is 10.1. The molecule has 1 fully saturated rings. The van der Waals surface area contributed by atoms with Gasteiger partial charge in [0.1, 0.15) is 11.5 Å². The first kappa shape index (κ1) is 17.5. The maximum Gasteiger partial charge on any atom is 0.234 e. The number of likely N-dealkylation sites (tertiary alicyclic amines) is 1. The molecule has 5 heteroatoms. The first-order chi connectivity index (χ1) is 12.2. The van der Waals surface area contributed by atoms with Crippen LogP contribution in [0.4, 0.5) is 0 Å². The molecule has 2 N–H and O–H groups in total. The lowest BCUT2D eigenvalue weighted by molar-refractivity contribution is -0.123. The fourth-order valence-electron chi connectivity index (χ4n) is 2.98. The van der Waals surface area contributed by atoms with Gasteiger partial charge in [-0.25, -0.2) is 0 Å². The average Bonchev–Trinajstić information content (AvgIpc) is 2.61. The molecule has 1 aliphatic heterocycles. The van der Waals surface area contributed by atoms with E-state index < -0.39 is 0 Å². The molecule has 0 bridgehead atoms. The van der Waals surface area contributed by atoms with Crippen LogP contribution in [-0.2, 0) is 11.3 Å².